The maximum absolute atomic E-state index is 14.4. The zero-order valence-electron chi connectivity index (χ0n) is 30.9. The molecule has 2 saturated heterocycles. The zero-order chi connectivity index (χ0) is 37.8. The van der Waals surface area contributed by atoms with Crippen molar-refractivity contribution in [3.8, 4) is 0 Å². The van der Waals surface area contributed by atoms with E-state index in [1.54, 1.807) is 31.7 Å². The number of hydrogen-bond donors (Lipinski definition) is 1. The number of thioether (sulfide) groups is 1. The lowest BCUT2D eigenvalue weighted by atomic mass is 10.00. The molecule has 4 heterocycles. The summed E-state index contributed by atoms with van der Waals surface area (Å²) in [5.74, 6) is -0.938. The third-order valence-corrected chi connectivity index (χ3v) is 10.7. The van der Waals surface area contributed by atoms with Gasteiger partial charge in [0.1, 0.15) is 22.7 Å². The van der Waals surface area contributed by atoms with Gasteiger partial charge in [0.05, 0.1) is 0 Å². The zero-order valence-corrected chi connectivity index (χ0v) is 33.3. The second-order valence-electron chi connectivity index (χ2n) is 14.5. The Morgan fingerprint density at radius 3 is 2.09 bits per heavy atom. The Hall–Kier alpha value is -5.20. The largest absolute Gasteiger partial charge is 1.00 e. The number of fused-ring (bicyclic) bond motifs is 1. The van der Waals surface area contributed by atoms with Crippen LogP contribution in [0.5, 0.6) is 0 Å². The van der Waals surface area contributed by atoms with Gasteiger partial charge in [0.25, 0.3) is 5.91 Å². The number of pyridine rings is 1. The molecule has 3 aliphatic rings. The summed E-state index contributed by atoms with van der Waals surface area (Å²) in [7, 11) is 0. The molecule has 284 valence electrons. The normalized spacial score (nSPS) is 18.8. The van der Waals surface area contributed by atoms with Gasteiger partial charge >= 0.3 is 12.1 Å². The lowest BCUT2D eigenvalue weighted by molar-refractivity contribution is -0.688. The molecule has 3 amide bonds. The molecule has 1 aromatic heterocycles. The van der Waals surface area contributed by atoms with Crippen LogP contribution in [0.3, 0.4) is 0 Å². The first-order valence-electron chi connectivity index (χ1n) is 18.0. The quantitative estimate of drug-likeness (QED) is 0.114. The lowest BCUT2D eigenvalue weighted by Crippen LogP contribution is -3.00. The van der Waals surface area contributed by atoms with Crippen molar-refractivity contribution in [3.63, 3.8) is 0 Å². The third kappa shape index (κ3) is 9.20. The van der Waals surface area contributed by atoms with Crippen LogP contribution in [0.4, 0.5) is 4.79 Å². The van der Waals surface area contributed by atoms with Crippen LogP contribution in [-0.4, -0.2) is 63.0 Å². The van der Waals surface area contributed by atoms with Crippen LogP contribution in [0.1, 0.15) is 55.5 Å². The smallest absolute Gasteiger partial charge is 0.408 e. The second kappa shape index (κ2) is 17.1. The van der Waals surface area contributed by atoms with Crippen LogP contribution in [0, 0.1) is 0 Å². The van der Waals surface area contributed by atoms with Crippen LogP contribution in [-0.2, 0) is 36.9 Å². The predicted molar refractivity (Wildman–Crippen MR) is 204 cm³/mol. The highest BCUT2D eigenvalue weighted by atomic mass is 79.9. The molecule has 0 aliphatic carbocycles. The first-order chi connectivity index (χ1) is 26.0. The summed E-state index contributed by atoms with van der Waals surface area (Å²) in [5.41, 5.74) is 4.17. The average molecular weight is 824 g/mol. The van der Waals surface area contributed by atoms with E-state index in [9.17, 15) is 19.2 Å². The minimum atomic E-state index is -0.887. The van der Waals surface area contributed by atoms with E-state index in [1.807, 2.05) is 103 Å². The number of carbonyl (C=O) groups excluding carboxylic acids is 4. The number of amides is 3. The summed E-state index contributed by atoms with van der Waals surface area (Å²) in [6.07, 6.45) is 4.82. The van der Waals surface area contributed by atoms with Gasteiger partial charge in [-0.3, -0.25) is 14.5 Å². The van der Waals surface area contributed by atoms with Crippen molar-refractivity contribution in [1.82, 2.24) is 15.1 Å². The van der Waals surface area contributed by atoms with E-state index in [4.69, 9.17) is 9.47 Å². The van der Waals surface area contributed by atoms with Crippen molar-refractivity contribution >= 4 is 35.6 Å². The van der Waals surface area contributed by atoms with E-state index in [0.717, 1.165) is 23.2 Å². The van der Waals surface area contributed by atoms with Gasteiger partial charge in [-0.1, -0.05) is 91.0 Å². The van der Waals surface area contributed by atoms with Crippen LogP contribution in [0.25, 0.3) is 0 Å². The summed E-state index contributed by atoms with van der Waals surface area (Å²) in [6, 6.07) is 32.2. The van der Waals surface area contributed by atoms with E-state index < -0.39 is 41.1 Å². The Kier molecular flexibility index (Phi) is 12.3. The number of alkyl carbamates (subject to hydrolysis) is 1. The third-order valence-electron chi connectivity index (χ3n) is 9.40. The van der Waals surface area contributed by atoms with Crippen LogP contribution >= 0.6 is 11.8 Å². The van der Waals surface area contributed by atoms with Crippen molar-refractivity contribution in [2.75, 3.05) is 12.3 Å². The molecule has 0 radical (unpaired) electrons. The minimum Gasteiger partial charge on any atom is -1.00 e. The number of likely N-dealkylation sites (tertiary alicyclic amines) is 1. The summed E-state index contributed by atoms with van der Waals surface area (Å²) in [4.78, 5) is 57.8. The van der Waals surface area contributed by atoms with E-state index in [2.05, 4.69) is 22.0 Å². The summed E-state index contributed by atoms with van der Waals surface area (Å²) in [5, 5.41) is 2.13. The first-order valence-corrected chi connectivity index (χ1v) is 19.1. The fourth-order valence-corrected chi connectivity index (χ4v) is 8.11. The molecule has 1 N–H and O–H groups in total. The SMILES string of the molecule is CC(C)(C)OC(=O)N[C@@H]1C(=O)N2C(C(=O)OC(c3ccccc3)c3ccccc3)=C(C=C3CCN(Cc4cc[n+](Cc5ccccc5)cc4)C3=O)CS[C@H]12.[Br-]. The molecule has 7 rings (SSSR count). The molecule has 0 spiro atoms. The summed E-state index contributed by atoms with van der Waals surface area (Å²) in [6.45, 7) is 6.97. The number of aromatic nitrogens is 1. The Morgan fingerprint density at radius 2 is 1.49 bits per heavy atom. The molecule has 0 unspecified atom stereocenters. The fraction of sp³-hybridized carbons (Fsp3) is 0.279. The Bertz CT molecular complexity index is 2050. The number of nitrogens with one attached hydrogen (secondary N) is 1. The van der Waals surface area contributed by atoms with Gasteiger partial charge in [-0.15, -0.1) is 11.8 Å². The van der Waals surface area contributed by atoms with E-state index in [0.29, 0.717) is 36.4 Å². The molecule has 3 aromatic carbocycles. The summed E-state index contributed by atoms with van der Waals surface area (Å²) < 4.78 is 13.8. The first kappa shape index (κ1) is 39.5. The van der Waals surface area contributed by atoms with Crippen molar-refractivity contribution in [2.24, 2.45) is 0 Å². The van der Waals surface area contributed by atoms with Gasteiger partial charge in [0.15, 0.2) is 25.0 Å². The van der Waals surface area contributed by atoms with Gasteiger partial charge in [0.2, 0.25) is 5.91 Å². The van der Waals surface area contributed by atoms with Crippen LogP contribution in [0.2, 0.25) is 0 Å². The number of rotatable bonds is 10. The van der Waals surface area contributed by atoms with Crippen LogP contribution < -0.4 is 26.9 Å². The predicted octanol–water partition coefficient (Wildman–Crippen LogP) is 3.08. The monoisotopic (exact) mass is 822 g/mol. The molecule has 4 aromatic rings. The molecular formula is C43H43BrN4O6S. The fourth-order valence-electron chi connectivity index (χ4n) is 6.80. The number of esters is 1. The standard InChI is InChI=1S/C43H42N4O6S.BrH/c1-43(2,3)53-42(51)44-35-39(49)47-36(41(50)52-37(31-15-9-5-10-16-31)32-17-11-6-12-18-32)34(28-54-40(35)47)25-33-21-24-46(38(33)48)27-30-19-22-45(23-20-30)26-29-13-7-4-8-14-29;/h4-20,22-23,25,35,37,40H,21,24,26-28H2,1-3H3;1H/t35-,40-;/m1./s1. The number of β-lactam (4-membered cyclic amide) rings is 1. The molecule has 2 atom stereocenters. The highest BCUT2D eigenvalue weighted by molar-refractivity contribution is 8.00. The molecule has 10 nitrogen and oxygen atoms in total. The van der Waals surface area contributed by atoms with Crippen molar-refractivity contribution < 1.29 is 50.2 Å². The number of benzene rings is 3. The molecule has 3 aliphatic heterocycles. The highest BCUT2D eigenvalue weighted by Crippen LogP contribution is 2.42. The minimum absolute atomic E-state index is 0. The van der Waals surface area contributed by atoms with Gasteiger partial charge in [-0.25, -0.2) is 14.2 Å². The van der Waals surface area contributed by atoms with Crippen molar-refractivity contribution in [2.45, 2.75) is 63.4 Å². The van der Waals surface area contributed by atoms with Crippen LogP contribution in [0.15, 0.2) is 138 Å². The highest BCUT2D eigenvalue weighted by Gasteiger charge is 2.55. The summed E-state index contributed by atoms with van der Waals surface area (Å²) >= 11 is 1.41. The number of carbonyl (C=O) groups is 4. The van der Waals surface area contributed by atoms with Gasteiger partial charge in [0, 0.05) is 42.1 Å². The molecule has 2 fully saturated rings. The molecule has 12 heteroatoms. The van der Waals surface area contributed by atoms with Gasteiger partial charge in [-0.05, 0) is 55.5 Å². The Balaban J connectivity index is 0.00000514. The molecule has 0 bridgehead atoms. The molecule has 0 saturated carbocycles. The molecule has 55 heavy (non-hydrogen) atoms. The average Bonchev–Trinajstić information content (AvgIpc) is 3.51. The lowest BCUT2D eigenvalue weighted by Gasteiger charge is -2.49. The Morgan fingerprint density at radius 1 is 0.891 bits per heavy atom. The number of halogens is 1. The van der Waals surface area contributed by atoms with Crippen molar-refractivity contribution in [1.29, 1.82) is 0 Å². The second-order valence-corrected chi connectivity index (χ2v) is 15.6. The number of hydrogen-bond acceptors (Lipinski definition) is 7. The number of ether oxygens (including phenoxy) is 2. The molecular weight excluding hydrogens is 780 g/mol. The van der Waals surface area contributed by atoms with E-state index in [1.165, 1.54) is 22.2 Å². The van der Waals surface area contributed by atoms with Gasteiger partial charge in [-0.2, -0.15) is 0 Å². The van der Waals surface area contributed by atoms with E-state index >= 15 is 0 Å². The topological polar surface area (TPSA) is 109 Å². The van der Waals surface area contributed by atoms with Crippen molar-refractivity contribution in [3.05, 3.63) is 161 Å². The van der Waals surface area contributed by atoms with E-state index in [-0.39, 0.29) is 28.6 Å². The van der Waals surface area contributed by atoms with Gasteiger partial charge < -0.3 is 36.7 Å². The Labute approximate surface area is 336 Å². The maximum atomic E-state index is 14.4. The number of allylic oxidation sites excluding steroid dienone is 1. The maximum Gasteiger partial charge on any atom is 0.408 e. The number of nitrogens with zero attached hydrogens (tertiary/aromatic N) is 3.